The molecule has 1 aromatic carbocycles. The van der Waals surface area contributed by atoms with Crippen LogP contribution >= 0.6 is 0 Å². The van der Waals surface area contributed by atoms with Crippen LogP contribution in [0.4, 0.5) is 8.78 Å². The van der Waals surface area contributed by atoms with E-state index in [4.69, 9.17) is 9.84 Å². The van der Waals surface area contributed by atoms with Gasteiger partial charge in [-0.05, 0) is 13.0 Å². The number of rotatable bonds is 1. The average molecular weight is 281 g/mol. The molecule has 1 aliphatic heterocycles. The fourth-order valence-corrected chi connectivity index (χ4v) is 2.35. The summed E-state index contributed by atoms with van der Waals surface area (Å²) in [5.74, 6) is -4.19. The van der Waals surface area contributed by atoms with Gasteiger partial charge in [0.2, 0.25) is 11.2 Å². The molecule has 5 nitrogen and oxygen atoms in total. The lowest BCUT2D eigenvalue weighted by atomic mass is 10.1. The number of ether oxygens (including phenoxy) is 1. The molecule has 2 aromatic rings. The van der Waals surface area contributed by atoms with Crippen molar-refractivity contribution in [3.63, 3.8) is 0 Å². The summed E-state index contributed by atoms with van der Waals surface area (Å²) in [6.07, 6.45) is 1.14. The van der Waals surface area contributed by atoms with Crippen molar-refractivity contribution in [3.05, 3.63) is 39.7 Å². The lowest BCUT2D eigenvalue weighted by molar-refractivity contribution is 0.0694. The van der Waals surface area contributed by atoms with Crippen molar-refractivity contribution in [1.29, 1.82) is 0 Å². The van der Waals surface area contributed by atoms with Gasteiger partial charge in [0.1, 0.15) is 12.2 Å². The van der Waals surface area contributed by atoms with Crippen LogP contribution in [0.1, 0.15) is 23.3 Å². The molecule has 20 heavy (non-hydrogen) atoms. The van der Waals surface area contributed by atoms with Crippen LogP contribution in [0.15, 0.2) is 17.1 Å². The summed E-state index contributed by atoms with van der Waals surface area (Å²) in [6.45, 7) is 1.78. The standard InChI is InChI=1S/C13H9F2NO4/c1-5-4-20-12-9(15)8(14)2-6-10(12)16(5)3-7(11(6)17)13(18)19/h2-3,5H,4H2,1H3,(H,18,19)/t5-/m1/s1. The fourth-order valence-electron chi connectivity index (χ4n) is 2.35. The van der Waals surface area contributed by atoms with Gasteiger partial charge in [-0.15, -0.1) is 0 Å². The Bertz CT molecular complexity index is 812. The maximum atomic E-state index is 13.7. The summed E-state index contributed by atoms with van der Waals surface area (Å²) in [5, 5.41) is 8.83. The van der Waals surface area contributed by atoms with E-state index in [0.29, 0.717) is 6.07 Å². The molecule has 0 spiro atoms. The van der Waals surface area contributed by atoms with Crippen molar-refractivity contribution >= 4 is 16.9 Å². The Morgan fingerprint density at radius 3 is 2.85 bits per heavy atom. The van der Waals surface area contributed by atoms with E-state index in [1.165, 1.54) is 4.57 Å². The third-order valence-electron chi connectivity index (χ3n) is 3.34. The van der Waals surface area contributed by atoms with Crippen molar-refractivity contribution in [2.75, 3.05) is 6.61 Å². The van der Waals surface area contributed by atoms with E-state index in [1.54, 1.807) is 6.92 Å². The first-order valence-electron chi connectivity index (χ1n) is 5.84. The fraction of sp³-hybridized carbons (Fsp3) is 0.231. The molecule has 0 aliphatic carbocycles. The van der Waals surface area contributed by atoms with Crippen molar-refractivity contribution in [3.8, 4) is 5.75 Å². The van der Waals surface area contributed by atoms with Gasteiger partial charge in [0, 0.05) is 6.20 Å². The Morgan fingerprint density at radius 1 is 1.50 bits per heavy atom. The molecule has 1 aromatic heterocycles. The number of carboxylic acid groups (broad SMARTS) is 1. The molecule has 1 N–H and O–H groups in total. The Balaban J connectivity index is 2.57. The highest BCUT2D eigenvalue weighted by Gasteiger charge is 2.27. The first-order valence-corrected chi connectivity index (χ1v) is 5.84. The number of carbonyl (C=O) groups is 1. The highest BCUT2D eigenvalue weighted by Crippen LogP contribution is 2.35. The molecule has 1 aliphatic rings. The molecule has 104 valence electrons. The number of hydrogen-bond acceptors (Lipinski definition) is 3. The summed E-state index contributed by atoms with van der Waals surface area (Å²) in [4.78, 5) is 23.1. The summed E-state index contributed by atoms with van der Waals surface area (Å²) in [5.41, 5.74) is -1.26. The first kappa shape index (κ1) is 12.6. The number of benzene rings is 1. The summed E-state index contributed by atoms with van der Waals surface area (Å²) >= 11 is 0. The largest absolute Gasteiger partial charge is 0.486 e. The molecule has 1 atom stereocenters. The lowest BCUT2D eigenvalue weighted by Crippen LogP contribution is -2.27. The van der Waals surface area contributed by atoms with Gasteiger partial charge in [0.05, 0.1) is 16.9 Å². The summed E-state index contributed by atoms with van der Waals surface area (Å²) < 4.78 is 33.8. The number of hydrogen-bond donors (Lipinski definition) is 1. The third-order valence-corrected chi connectivity index (χ3v) is 3.34. The first-order chi connectivity index (χ1) is 9.41. The van der Waals surface area contributed by atoms with E-state index in [0.717, 1.165) is 6.20 Å². The second-order valence-corrected chi connectivity index (χ2v) is 4.64. The molecule has 0 fully saturated rings. The van der Waals surface area contributed by atoms with E-state index in [2.05, 4.69) is 0 Å². The van der Waals surface area contributed by atoms with Crippen LogP contribution in [-0.4, -0.2) is 22.2 Å². The van der Waals surface area contributed by atoms with Crippen LogP contribution in [-0.2, 0) is 0 Å². The zero-order valence-electron chi connectivity index (χ0n) is 10.3. The number of halogens is 2. The van der Waals surface area contributed by atoms with Crippen molar-refractivity contribution in [2.45, 2.75) is 13.0 Å². The SMILES string of the molecule is C[C@@H]1COc2c(F)c(F)cc3c(=O)c(C(=O)O)cn1c23. The molecule has 0 saturated carbocycles. The number of nitrogens with zero attached hydrogens (tertiary/aromatic N) is 1. The number of pyridine rings is 1. The number of aromatic nitrogens is 1. The van der Waals surface area contributed by atoms with E-state index >= 15 is 0 Å². The van der Waals surface area contributed by atoms with Gasteiger partial charge in [-0.2, -0.15) is 4.39 Å². The van der Waals surface area contributed by atoms with Crippen molar-refractivity contribution < 1.29 is 23.4 Å². The molecule has 0 amide bonds. The minimum absolute atomic E-state index is 0.0599. The van der Waals surface area contributed by atoms with Crippen LogP contribution in [0, 0.1) is 11.6 Å². The molecule has 0 bridgehead atoms. The van der Waals surface area contributed by atoms with E-state index in [9.17, 15) is 18.4 Å². The molecular formula is C13H9F2NO4. The van der Waals surface area contributed by atoms with Gasteiger partial charge in [0.25, 0.3) is 0 Å². The van der Waals surface area contributed by atoms with E-state index < -0.39 is 28.6 Å². The van der Waals surface area contributed by atoms with Gasteiger partial charge in [-0.25, -0.2) is 9.18 Å². The summed E-state index contributed by atoms with van der Waals surface area (Å²) in [6, 6.07) is 0.412. The Kier molecular flexibility index (Phi) is 2.53. The Morgan fingerprint density at radius 2 is 2.20 bits per heavy atom. The van der Waals surface area contributed by atoms with Crippen LogP contribution in [0.2, 0.25) is 0 Å². The predicted octanol–water partition coefficient (Wildman–Crippen LogP) is 1.93. The van der Waals surface area contributed by atoms with Crippen LogP contribution in [0.3, 0.4) is 0 Å². The van der Waals surface area contributed by atoms with E-state index in [1.807, 2.05) is 0 Å². The average Bonchev–Trinajstić information content (AvgIpc) is 2.39. The molecule has 0 radical (unpaired) electrons. The molecule has 0 unspecified atom stereocenters. The van der Waals surface area contributed by atoms with Gasteiger partial charge >= 0.3 is 5.97 Å². The molecule has 2 heterocycles. The van der Waals surface area contributed by atoms with Crippen LogP contribution in [0.5, 0.6) is 5.75 Å². The molecule has 7 heteroatoms. The summed E-state index contributed by atoms with van der Waals surface area (Å²) in [7, 11) is 0. The van der Waals surface area contributed by atoms with Crippen molar-refractivity contribution in [1.82, 2.24) is 4.57 Å². The third kappa shape index (κ3) is 1.52. The normalized spacial score (nSPS) is 17.1. The van der Waals surface area contributed by atoms with Crippen molar-refractivity contribution in [2.24, 2.45) is 0 Å². The monoisotopic (exact) mass is 281 g/mol. The zero-order chi connectivity index (χ0) is 14.6. The lowest BCUT2D eigenvalue weighted by Gasteiger charge is -2.27. The second kappa shape index (κ2) is 4.03. The molecule has 3 rings (SSSR count). The minimum Gasteiger partial charge on any atom is -0.486 e. The predicted molar refractivity (Wildman–Crippen MR) is 65.3 cm³/mol. The Labute approximate surface area is 111 Å². The van der Waals surface area contributed by atoms with E-state index in [-0.39, 0.29) is 29.3 Å². The zero-order valence-corrected chi connectivity index (χ0v) is 10.3. The van der Waals surface area contributed by atoms with Gasteiger partial charge in [0.15, 0.2) is 11.6 Å². The second-order valence-electron chi connectivity index (χ2n) is 4.64. The highest BCUT2D eigenvalue weighted by molar-refractivity contribution is 5.94. The van der Waals surface area contributed by atoms with Gasteiger partial charge in [-0.3, -0.25) is 4.79 Å². The van der Waals surface area contributed by atoms with Crippen LogP contribution < -0.4 is 10.2 Å². The maximum absolute atomic E-state index is 13.7. The van der Waals surface area contributed by atoms with Gasteiger partial charge in [-0.1, -0.05) is 0 Å². The maximum Gasteiger partial charge on any atom is 0.341 e. The smallest absolute Gasteiger partial charge is 0.341 e. The highest BCUT2D eigenvalue weighted by atomic mass is 19.2. The quantitative estimate of drug-likeness (QED) is 0.867. The van der Waals surface area contributed by atoms with Crippen LogP contribution in [0.25, 0.3) is 10.9 Å². The molecule has 0 saturated heterocycles. The number of carboxylic acids is 1. The Hall–Kier alpha value is -2.44. The van der Waals surface area contributed by atoms with Gasteiger partial charge < -0.3 is 14.4 Å². The number of aromatic carboxylic acids is 1. The minimum atomic E-state index is -1.41. The molecular weight excluding hydrogens is 272 g/mol. The topological polar surface area (TPSA) is 68.5 Å².